The van der Waals surface area contributed by atoms with Gasteiger partial charge in [0.1, 0.15) is 5.60 Å². The van der Waals surface area contributed by atoms with Crippen LogP contribution in [0, 0.1) is 0 Å². The molecule has 0 radical (unpaired) electrons. The molecule has 146 valence electrons. The average molecular weight is 364 g/mol. The fourth-order valence-corrected chi connectivity index (χ4v) is 2.64. The zero-order chi connectivity index (χ0) is 19.9. The zero-order valence-electron chi connectivity index (χ0n) is 17.1. The summed E-state index contributed by atoms with van der Waals surface area (Å²) in [6, 6.07) is 7.62. The van der Waals surface area contributed by atoms with E-state index in [1.54, 1.807) is 45.0 Å². The monoisotopic (exact) mass is 363 g/mol. The van der Waals surface area contributed by atoms with Gasteiger partial charge in [-0.2, -0.15) is 0 Å². The Labute approximate surface area is 157 Å². The van der Waals surface area contributed by atoms with Gasteiger partial charge in [-0.15, -0.1) is 0 Å². The molecule has 0 saturated carbocycles. The van der Waals surface area contributed by atoms with E-state index in [1.165, 1.54) is 0 Å². The number of hydrogen-bond donors (Lipinski definition) is 2. The standard InChI is InChI=1S/C20H33N3O3/c1-14(2)23(15(3)4)13-12-21-18(24)16-8-10-17(11-9-16)22-19(25)26-20(5,6)7/h8-11,14-15H,12-13H2,1-7H3,(H,21,24)(H,22,25). The van der Waals surface area contributed by atoms with Crippen molar-refractivity contribution in [3.8, 4) is 0 Å². The Morgan fingerprint density at radius 2 is 1.58 bits per heavy atom. The number of rotatable bonds is 7. The van der Waals surface area contributed by atoms with Crippen molar-refractivity contribution in [2.75, 3.05) is 18.4 Å². The second-order valence-corrected chi connectivity index (χ2v) is 7.89. The molecule has 1 aromatic carbocycles. The fraction of sp³-hybridized carbons (Fsp3) is 0.600. The van der Waals surface area contributed by atoms with Gasteiger partial charge in [0.05, 0.1) is 0 Å². The van der Waals surface area contributed by atoms with Crippen LogP contribution in [0.25, 0.3) is 0 Å². The highest BCUT2D eigenvalue weighted by Crippen LogP contribution is 2.13. The van der Waals surface area contributed by atoms with Crippen molar-refractivity contribution >= 4 is 17.7 Å². The number of carbonyl (C=O) groups is 2. The molecule has 0 spiro atoms. The Kier molecular flexibility index (Phi) is 8.08. The first kappa shape index (κ1) is 22.0. The first-order valence-corrected chi connectivity index (χ1v) is 9.13. The predicted molar refractivity (Wildman–Crippen MR) is 106 cm³/mol. The Morgan fingerprint density at radius 3 is 2.04 bits per heavy atom. The van der Waals surface area contributed by atoms with Gasteiger partial charge in [-0.05, 0) is 72.7 Å². The van der Waals surface area contributed by atoms with E-state index in [-0.39, 0.29) is 5.91 Å². The molecule has 0 fully saturated rings. The van der Waals surface area contributed by atoms with Crippen molar-refractivity contribution < 1.29 is 14.3 Å². The van der Waals surface area contributed by atoms with E-state index < -0.39 is 11.7 Å². The Bertz CT molecular complexity index is 581. The number of benzene rings is 1. The zero-order valence-corrected chi connectivity index (χ0v) is 17.1. The van der Waals surface area contributed by atoms with Gasteiger partial charge in [-0.3, -0.25) is 15.0 Å². The lowest BCUT2D eigenvalue weighted by molar-refractivity contribution is 0.0635. The van der Waals surface area contributed by atoms with Gasteiger partial charge in [0.2, 0.25) is 0 Å². The molecule has 0 atom stereocenters. The van der Waals surface area contributed by atoms with E-state index in [4.69, 9.17) is 4.74 Å². The summed E-state index contributed by atoms with van der Waals surface area (Å²) in [4.78, 5) is 26.3. The summed E-state index contributed by atoms with van der Waals surface area (Å²) in [5.41, 5.74) is 0.589. The summed E-state index contributed by atoms with van der Waals surface area (Å²) in [6.07, 6.45) is -0.517. The van der Waals surface area contributed by atoms with Gasteiger partial charge in [0, 0.05) is 36.4 Å². The SMILES string of the molecule is CC(C)N(CCNC(=O)c1ccc(NC(=O)OC(C)(C)C)cc1)C(C)C. The molecule has 0 unspecified atom stereocenters. The number of anilines is 1. The number of carbonyl (C=O) groups excluding carboxylic acids is 2. The molecule has 0 aromatic heterocycles. The molecular formula is C20H33N3O3. The first-order chi connectivity index (χ1) is 12.0. The lowest BCUT2D eigenvalue weighted by Crippen LogP contribution is -2.42. The molecule has 0 aliphatic heterocycles. The van der Waals surface area contributed by atoms with Crippen LogP contribution in [0.15, 0.2) is 24.3 Å². The molecule has 2 N–H and O–H groups in total. The minimum Gasteiger partial charge on any atom is -0.444 e. The lowest BCUT2D eigenvalue weighted by atomic mass is 10.2. The lowest BCUT2D eigenvalue weighted by Gasteiger charge is -2.30. The molecule has 0 saturated heterocycles. The molecule has 1 aromatic rings. The molecular weight excluding hydrogens is 330 g/mol. The van der Waals surface area contributed by atoms with Crippen LogP contribution < -0.4 is 10.6 Å². The first-order valence-electron chi connectivity index (χ1n) is 9.13. The molecule has 2 amide bonds. The second kappa shape index (κ2) is 9.57. The van der Waals surface area contributed by atoms with Gasteiger partial charge >= 0.3 is 6.09 Å². The van der Waals surface area contributed by atoms with Crippen molar-refractivity contribution in [3.05, 3.63) is 29.8 Å². The molecule has 0 aliphatic carbocycles. The maximum atomic E-state index is 12.2. The second-order valence-electron chi connectivity index (χ2n) is 7.89. The van der Waals surface area contributed by atoms with E-state index in [0.717, 1.165) is 6.54 Å². The van der Waals surface area contributed by atoms with Gasteiger partial charge < -0.3 is 10.1 Å². The van der Waals surface area contributed by atoms with Crippen LogP contribution in [0.2, 0.25) is 0 Å². The van der Waals surface area contributed by atoms with Crippen molar-refractivity contribution in [2.24, 2.45) is 0 Å². The highest BCUT2D eigenvalue weighted by molar-refractivity contribution is 5.95. The van der Waals surface area contributed by atoms with Crippen LogP contribution in [0.5, 0.6) is 0 Å². The van der Waals surface area contributed by atoms with Gasteiger partial charge in [-0.1, -0.05) is 0 Å². The van der Waals surface area contributed by atoms with E-state index in [1.807, 2.05) is 0 Å². The van der Waals surface area contributed by atoms with Crippen molar-refractivity contribution in [1.82, 2.24) is 10.2 Å². The summed E-state index contributed by atoms with van der Waals surface area (Å²) in [7, 11) is 0. The van der Waals surface area contributed by atoms with Crippen LogP contribution in [0.4, 0.5) is 10.5 Å². The van der Waals surface area contributed by atoms with Crippen molar-refractivity contribution in [1.29, 1.82) is 0 Å². The maximum Gasteiger partial charge on any atom is 0.412 e. The molecule has 6 heteroatoms. The third-order valence-electron chi connectivity index (χ3n) is 3.77. The highest BCUT2D eigenvalue weighted by Gasteiger charge is 2.16. The predicted octanol–water partition coefficient (Wildman–Crippen LogP) is 3.88. The number of nitrogens with one attached hydrogen (secondary N) is 2. The Hall–Kier alpha value is -2.08. The summed E-state index contributed by atoms with van der Waals surface area (Å²) in [5.74, 6) is -0.124. The maximum absolute atomic E-state index is 12.2. The molecule has 6 nitrogen and oxygen atoms in total. The number of ether oxygens (including phenoxy) is 1. The Balaban J connectivity index is 2.52. The number of hydrogen-bond acceptors (Lipinski definition) is 4. The molecule has 1 rings (SSSR count). The normalized spacial score (nSPS) is 11.8. The molecule has 0 heterocycles. The Morgan fingerprint density at radius 1 is 1.04 bits per heavy atom. The summed E-state index contributed by atoms with van der Waals surface area (Å²) < 4.78 is 5.20. The highest BCUT2D eigenvalue weighted by atomic mass is 16.6. The fourth-order valence-electron chi connectivity index (χ4n) is 2.64. The number of amides is 2. The van der Waals surface area contributed by atoms with E-state index in [0.29, 0.717) is 29.9 Å². The van der Waals surface area contributed by atoms with Crippen molar-refractivity contribution in [3.63, 3.8) is 0 Å². The van der Waals surface area contributed by atoms with Crippen LogP contribution in [0.3, 0.4) is 0 Å². The van der Waals surface area contributed by atoms with Gasteiger partial charge in [0.25, 0.3) is 5.91 Å². The van der Waals surface area contributed by atoms with Crippen LogP contribution in [-0.4, -0.2) is 47.7 Å². The van der Waals surface area contributed by atoms with Crippen molar-refractivity contribution in [2.45, 2.75) is 66.2 Å². The summed E-state index contributed by atoms with van der Waals surface area (Å²) in [6.45, 7) is 15.4. The van der Waals surface area contributed by atoms with Crippen LogP contribution in [-0.2, 0) is 4.74 Å². The minimum absolute atomic E-state index is 0.124. The minimum atomic E-state index is -0.552. The number of nitrogens with zero attached hydrogens (tertiary/aromatic N) is 1. The van der Waals surface area contributed by atoms with E-state index >= 15 is 0 Å². The molecule has 0 bridgehead atoms. The van der Waals surface area contributed by atoms with Gasteiger partial charge in [-0.25, -0.2) is 4.79 Å². The third kappa shape index (κ3) is 7.87. The summed E-state index contributed by atoms with van der Waals surface area (Å²) >= 11 is 0. The molecule has 0 aliphatic rings. The molecule has 26 heavy (non-hydrogen) atoms. The smallest absolute Gasteiger partial charge is 0.412 e. The topological polar surface area (TPSA) is 70.7 Å². The third-order valence-corrected chi connectivity index (χ3v) is 3.77. The largest absolute Gasteiger partial charge is 0.444 e. The quantitative estimate of drug-likeness (QED) is 0.771. The van der Waals surface area contributed by atoms with Crippen LogP contribution in [0.1, 0.15) is 58.8 Å². The van der Waals surface area contributed by atoms with Crippen LogP contribution >= 0.6 is 0 Å². The van der Waals surface area contributed by atoms with E-state index in [2.05, 4.69) is 43.2 Å². The summed E-state index contributed by atoms with van der Waals surface area (Å²) in [5, 5.41) is 5.59. The average Bonchev–Trinajstić information content (AvgIpc) is 2.49. The van der Waals surface area contributed by atoms with E-state index in [9.17, 15) is 9.59 Å². The van der Waals surface area contributed by atoms with Gasteiger partial charge in [0.15, 0.2) is 0 Å².